The fourth-order valence-corrected chi connectivity index (χ4v) is 3.27. The van der Waals surface area contributed by atoms with Crippen LogP contribution in [0.1, 0.15) is 17.2 Å². The van der Waals surface area contributed by atoms with Gasteiger partial charge in [0, 0.05) is 10.5 Å². The number of benzene rings is 2. The molecule has 0 spiro atoms. The van der Waals surface area contributed by atoms with Gasteiger partial charge in [0.2, 0.25) is 0 Å². The maximum atomic E-state index is 11.7. The van der Waals surface area contributed by atoms with E-state index in [0.29, 0.717) is 28.1 Å². The molecule has 0 fully saturated rings. The molecule has 0 saturated carbocycles. The van der Waals surface area contributed by atoms with Gasteiger partial charge >= 0.3 is 4.87 Å². The fraction of sp³-hybridized carbons (Fsp3) is 0.188. The van der Waals surface area contributed by atoms with Crippen LogP contribution in [0.2, 0.25) is 0 Å². The van der Waals surface area contributed by atoms with E-state index < -0.39 is 6.10 Å². The highest BCUT2D eigenvalue weighted by molar-refractivity contribution is 7.16. The number of nitrogens with zero attached hydrogens (tertiary/aromatic N) is 3. The van der Waals surface area contributed by atoms with Crippen molar-refractivity contribution in [1.29, 1.82) is 0 Å². The second-order valence-electron chi connectivity index (χ2n) is 5.08. The lowest BCUT2D eigenvalue weighted by atomic mass is 10.1. The number of rotatable bonds is 6. The number of aromatic amines is 1. The molecule has 0 amide bonds. The zero-order valence-corrected chi connectivity index (χ0v) is 13.4. The molecule has 3 rings (SSSR count). The van der Waals surface area contributed by atoms with Crippen LogP contribution in [0.3, 0.4) is 0 Å². The van der Waals surface area contributed by atoms with Crippen LogP contribution >= 0.6 is 11.3 Å². The number of hydrogen-bond acceptors (Lipinski definition) is 5. The molecule has 3 aromatic rings. The molecular formula is C16H14N4O3S. The molecule has 122 valence electrons. The van der Waals surface area contributed by atoms with Crippen LogP contribution in [0.4, 0.5) is 0 Å². The lowest BCUT2D eigenvalue weighted by Gasteiger charge is -2.12. The minimum atomic E-state index is -0.974. The third kappa shape index (κ3) is 3.41. The molecule has 0 aliphatic heterocycles. The van der Waals surface area contributed by atoms with Crippen molar-refractivity contribution >= 4 is 21.6 Å². The van der Waals surface area contributed by atoms with Crippen LogP contribution in [0.25, 0.3) is 20.7 Å². The van der Waals surface area contributed by atoms with E-state index in [1.807, 2.05) is 30.3 Å². The van der Waals surface area contributed by atoms with Gasteiger partial charge in [-0.1, -0.05) is 52.8 Å². The number of aliphatic hydroxyl groups is 1. The van der Waals surface area contributed by atoms with Gasteiger partial charge < -0.3 is 14.8 Å². The summed E-state index contributed by atoms with van der Waals surface area (Å²) in [6.45, 7) is 0.274. The molecule has 2 aromatic carbocycles. The number of thiazole rings is 1. The molecule has 7 nitrogen and oxygen atoms in total. The summed E-state index contributed by atoms with van der Waals surface area (Å²) in [4.78, 5) is 16.9. The third-order valence-corrected chi connectivity index (χ3v) is 4.42. The highest BCUT2D eigenvalue weighted by atomic mass is 32.1. The molecule has 0 saturated heterocycles. The Labute approximate surface area is 140 Å². The Hall–Kier alpha value is -2.80. The van der Waals surface area contributed by atoms with Crippen molar-refractivity contribution < 1.29 is 9.84 Å². The number of aliphatic hydroxyl groups excluding tert-OH is 1. The predicted octanol–water partition coefficient (Wildman–Crippen LogP) is 3.51. The second-order valence-corrected chi connectivity index (χ2v) is 6.06. The van der Waals surface area contributed by atoms with Crippen molar-refractivity contribution in [3.8, 4) is 5.75 Å². The van der Waals surface area contributed by atoms with Crippen molar-refractivity contribution in [2.24, 2.45) is 5.11 Å². The third-order valence-electron chi connectivity index (χ3n) is 3.49. The van der Waals surface area contributed by atoms with Crippen molar-refractivity contribution in [2.45, 2.75) is 12.7 Å². The quantitative estimate of drug-likeness (QED) is 0.406. The average Bonchev–Trinajstić information content (AvgIpc) is 3.00. The normalized spacial score (nSPS) is 11.9. The number of azide groups is 1. The summed E-state index contributed by atoms with van der Waals surface area (Å²) < 4.78 is 6.41. The molecular weight excluding hydrogens is 328 g/mol. The first-order chi connectivity index (χ1) is 11.7. The summed E-state index contributed by atoms with van der Waals surface area (Å²) >= 11 is 0.990. The zero-order valence-electron chi connectivity index (χ0n) is 12.5. The SMILES string of the molecule is [N-]=[N+]=NC[C@H](O)c1ccc(OCc2ccccc2)c2[nH]c(=O)sc12. The van der Waals surface area contributed by atoms with Gasteiger partial charge in [0.1, 0.15) is 17.9 Å². The van der Waals surface area contributed by atoms with Crippen molar-refractivity contribution in [2.75, 3.05) is 6.54 Å². The number of ether oxygens (including phenoxy) is 1. The highest BCUT2D eigenvalue weighted by Crippen LogP contribution is 2.32. The summed E-state index contributed by atoms with van der Waals surface area (Å²) in [6.07, 6.45) is -0.974. The molecule has 24 heavy (non-hydrogen) atoms. The van der Waals surface area contributed by atoms with Crippen LogP contribution < -0.4 is 9.61 Å². The lowest BCUT2D eigenvalue weighted by Crippen LogP contribution is -2.02. The van der Waals surface area contributed by atoms with Crippen LogP contribution in [-0.4, -0.2) is 16.6 Å². The van der Waals surface area contributed by atoms with Gasteiger partial charge in [-0.05, 0) is 17.2 Å². The lowest BCUT2D eigenvalue weighted by molar-refractivity contribution is 0.188. The van der Waals surface area contributed by atoms with E-state index in [1.165, 1.54) is 0 Å². The van der Waals surface area contributed by atoms with Crippen LogP contribution in [-0.2, 0) is 6.61 Å². The van der Waals surface area contributed by atoms with Crippen LogP contribution in [0.5, 0.6) is 5.75 Å². The van der Waals surface area contributed by atoms with E-state index in [2.05, 4.69) is 15.0 Å². The molecule has 0 aliphatic rings. The molecule has 1 heterocycles. The number of aromatic nitrogens is 1. The van der Waals surface area contributed by atoms with Gasteiger partial charge in [-0.3, -0.25) is 4.79 Å². The maximum Gasteiger partial charge on any atom is 0.305 e. The Morgan fingerprint density at radius 3 is 2.83 bits per heavy atom. The zero-order chi connectivity index (χ0) is 16.9. The fourth-order valence-electron chi connectivity index (χ4n) is 2.36. The Morgan fingerprint density at radius 1 is 1.29 bits per heavy atom. The minimum Gasteiger partial charge on any atom is -0.487 e. The Morgan fingerprint density at radius 2 is 2.08 bits per heavy atom. The van der Waals surface area contributed by atoms with Crippen LogP contribution in [0, 0.1) is 0 Å². The topological polar surface area (TPSA) is 111 Å². The van der Waals surface area contributed by atoms with Gasteiger partial charge in [-0.25, -0.2) is 0 Å². The maximum absolute atomic E-state index is 11.7. The van der Waals surface area contributed by atoms with E-state index >= 15 is 0 Å². The summed E-state index contributed by atoms with van der Waals surface area (Å²) in [6, 6.07) is 13.1. The summed E-state index contributed by atoms with van der Waals surface area (Å²) in [7, 11) is 0. The molecule has 0 aliphatic carbocycles. The van der Waals surface area contributed by atoms with Crippen LogP contribution in [0.15, 0.2) is 52.4 Å². The largest absolute Gasteiger partial charge is 0.487 e. The van der Waals surface area contributed by atoms with Gasteiger partial charge in [0.25, 0.3) is 0 Å². The summed E-state index contributed by atoms with van der Waals surface area (Å²) in [5.74, 6) is 0.534. The number of H-pyrrole nitrogens is 1. The molecule has 2 N–H and O–H groups in total. The van der Waals surface area contributed by atoms with E-state index in [9.17, 15) is 9.90 Å². The molecule has 1 atom stereocenters. The molecule has 0 unspecified atom stereocenters. The predicted molar refractivity (Wildman–Crippen MR) is 92.2 cm³/mol. The van der Waals surface area contributed by atoms with E-state index in [4.69, 9.17) is 10.3 Å². The molecule has 0 radical (unpaired) electrons. The Bertz CT molecular complexity index is 945. The first-order valence-corrected chi connectivity index (χ1v) is 8.02. The average molecular weight is 342 g/mol. The standard InChI is InChI=1S/C16H14N4O3S/c17-20-18-8-12(21)11-6-7-13(14-15(11)24-16(22)19-14)23-9-10-4-2-1-3-5-10/h1-7,12,21H,8-9H2,(H,19,22)/t12-/m0/s1. The van der Waals surface area contributed by atoms with Crippen molar-refractivity contribution in [3.63, 3.8) is 0 Å². The summed E-state index contributed by atoms with van der Waals surface area (Å²) in [5, 5.41) is 13.5. The summed E-state index contributed by atoms with van der Waals surface area (Å²) in [5.41, 5.74) is 10.5. The molecule has 1 aromatic heterocycles. The number of hydrogen-bond donors (Lipinski definition) is 2. The van der Waals surface area contributed by atoms with Gasteiger partial charge in [0.05, 0.1) is 17.3 Å². The van der Waals surface area contributed by atoms with E-state index in [0.717, 1.165) is 16.9 Å². The van der Waals surface area contributed by atoms with Gasteiger partial charge in [-0.2, -0.15) is 0 Å². The van der Waals surface area contributed by atoms with E-state index in [1.54, 1.807) is 12.1 Å². The number of nitrogens with one attached hydrogen (secondary N) is 1. The smallest absolute Gasteiger partial charge is 0.305 e. The molecule has 8 heteroatoms. The first kappa shape index (κ1) is 16.1. The monoisotopic (exact) mass is 342 g/mol. The highest BCUT2D eigenvalue weighted by Gasteiger charge is 2.16. The van der Waals surface area contributed by atoms with Gasteiger partial charge in [-0.15, -0.1) is 0 Å². The van der Waals surface area contributed by atoms with E-state index in [-0.39, 0.29) is 11.4 Å². The van der Waals surface area contributed by atoms with Crippen molar-refractivity contribution in [3.05, 3.63) is 73.7 Å². The van der Waals surface area contributed by atoms with Gasteiger partial charge in [0.15, 0.2) is 0 Å². The Kier molecular flexibility index (Phi) is 4.81. The van der Waals surface area contributed by atoms with Crippen molar-refractivity contribution in [1.82, 2.24) is 4.98 Å². The first-order valence-electron chi connectivity index (χ1n) is 7.20. The second kappa shape index (κ2) is 7.18. The Balaban J connectivity index is 1.93. The molecule has 0 bridgehead atoms. The number of fused-ring (bicyclic) bond motifs is 1. The minimum absolute atomic E-state index is 0.0953.